The first-order valence-electron chi connectivity index (χ1n) is 6.20. The van der Waals surface area contributed by atoms with Gasteiger partial charge in [-0.15, -0.1) is 0 Å². The van der Waals surface area contributed by atoms with Gasteiger partial charge in [-0.1, -0.05) is 12.2 Å². The van der Waals surface area contributed by atoms with Gasteiger partial charge in [0, 0.05) is 0 Å². The molecule has 0 saturated heterocycles. The van der Waals surface area contributed by atoms with Crippen molar-refractivity contribution >= 4 is 8.60 Å². The molecule has 2 bridgehead atoms. The van der Waals surface area contributed by atoms with Crippen LogP contribution < -0.4 is 0 Å². The molecule has 3 nitrogen and oxygen atoms in total. The molecule has 0 aromatic rings. The first-order chi connectivity index (χ1) is 7.83. The molecule has 2 aliphatic rings. The van der Waals surface area contributed by atoms with E-state index in [0.29, 0.717) is 19.1 Å². The van der Waals surface area contributed by atoms with Crippen LogP contribution in [0.3, 0.4) is 0 Å². The molecule has 0 N–H and O–H groups in total. The van der Waals surface area contributed by atoms with Gasteiger partial charge < -0.3 is 13.6 Å². The summed E-state index contributed by atoms with van der Waals surface area (Å²) in [5, 5.41) is 0. The van der Waals surface area contributed by atoms with E-state index in [4.69, 9.17) is 13.6 Å². The van der Waals surface area contributed by atoms with E-state index in [1.807, 2.05) is 13.8 Å². The third-order valence-electron chi connectivity index (χ3n) is 3.28. The summed E-state index contributed by atoms with van der Waals surface area (Å²) in [4.78, 5) is 0. The van der Waals surface area contributed by atoms with Crippen LogP contribution >= 0.6 is 8.60 Å². The van der Waals surface area contributed by atoms with E-state index in [2.05, 4.69) is 12.2 Å². The highest BCUT2D eigenvalue weighted by Gasteiger charge is 2.36. The van der Waals surface area contributed by atoms with Crippen molar-refractivity contribution in [2.75, 3.05) is 19.8 Å². The molecule has 4 heteroatoms. The number of allylic oxidation sites excluding steroid dienone is 2. The minimum Gasteiger partial charge on any atom is -0.313 e. The Morgan fingerprint density at radius 3 is 2.31 bits per heavy atom. The molecule has 2 aliphatic carbocycles. The van der Waals surface area contributed by atoms with Crippen LogP contribution in [0.2, 0.25) is 0 Å². The maximum absolute atomic E-state index is 5.75. The summed E-state index contributed by atoms with van der Waals surface area (Å²) in [6.45, 7) is 6.04. The van der Waals surface area contributed by atoms with Crippen molar-refractivity contribution in [2.24, 2.45) is 17.8 Å². The maximum Gasteiger partial charge on any atom is 0.332 e. The van der Waals surface area contributed by atoms with Gasteiger partial charge in [0.1, 0.15) is 0 Å². The van der Waals surface area contributed by atoms with Crippen molar-refractivity contribution in [3.05, 3.63) is 12.2 Å². The number of fused-ring (bicyclic) bond motifs is 2. The molecule has 0 heterocycles. The fraction of sp³-hybridized carbons (Fsp3) is 0.833. The van der Waals surface area contributed by atoms with E-state index in [1.165, 1.54) is 12.8 Å². The molecule has 1 fully saturated rings. The third kappa shape index (κ3) is 3.04. The summed E-state index contributed by atoms with van der Waals surface area (Å²) in [5.41, 5.74) is 0. The molecule has 0 spiro atoms. The molecule has 0 aliphatic heterocycles. The van der Waals surface area contributed by atoms with Crippen molar-refractivity contribution < 1.29 is 13.6 Å². The Morgan fingerprint density at radius 2 is 1.81 bits per heavy atom. The number of hydrogen-bond donors (Lipinski definition) is 0. The average Bonchev–Trinajstić information content (AvgIpc) is 2.88. The Kier molecular flexibility index (Phi) is 4.78. The van der Waals surface area contributed by atoms with Crippen molar-refractivity contribution in [2.45, 2.75) is 26.7 Å². The quantitative estimate of drug-likeness (QED) is 0.506. The first kappa shape index (κ1) is 12.5. The Hall–Kier alpha value is 0.0500. The normalized spacial score (nSPS) is 31.8. The fourth-order valence-electron chi connectivity index (χ4n) is 2.57. The lowest BCUT2D eigenvalue weighted by molar-refractivity contribution is 0.144. The lowest BCUT2D eigenvalue weighted by Gasteiger charge is -2.21. The van der Waals surface area contributed by atoms with Gasteiger partial charge in [0.2, 0.25) is 0 Å². The zero-order valence-electron chi connectivity index (χ0n) is 10.1. The summed E-state index contributed by atoms with van der Waals surface area (Å²) in [7, 11) is -1.11. The van der Waals surface area contributed by atoms with E-state index in [9.17, 15) is 0 Å². The van der Waals surface area contributed by atoms with Crippen LogP contribution in [-0.4, -0.2) is 19.8 Å². The van der Waals surface area contributed by atoms with E-state index in [1.54, 1.807) is 0 Å². The highest BCUT2D eigenvalue weighted by Crippen LogP contribution is 2.46. The van der Waals surface area contributed by atoms with Gasteiger partial charge in [-0.05, 0) is 44.4 Å². The molecule has 2 rings (SSSR count). The average molecular weight is 244 g/mol. The van der Waals surface area contributed by atoms with Crippen LogP contribution in [0, 0.1) is 17.8 Å². The highest BCUT2D eigenvalue weighted by atomic mass is 31.2. The molecule has 0 aromatic heterocycles. The van der Waals surface area contributed by atoms with Crippen LogP contribution in [0.5, 0.6) is 0 Å². The topological polar surface area (TPSA) is 27.7 Å². The zero-order chi connectivity index (χ0) is 11.4. The number of hydrogen-bond acceptors (Lipinski definition) is 3. The van der Waals surface area contributed by atoms with Crippen LogP contribution in [0.15, 0.2) is 12.2 Å². The van der Waals surface area contributed by atoms with E-state index >= 15 is 0 Å². The van der Waals surface area contributed by atoms with Gasteiger partial charge in [0.25, 0.3) is 0 Å². The smallest absolute Gasteiger partial charge is 0.313 e. The zero-order valence-corrected chi connectivity index (χ0v) is 11.0. The van der Waals surface area contributed by atoms with Crippen LogP contribution in [0.4, 0.5) is 0 Å². The van der Waals surface area contributed by atoms with Crippen LogP contribution in [0.25, 0.3) is 0 Å². The largest absolute Gasteiger partial charge is 0.332 e. The fourth-order valence-corrected chi connectivity index (χ4v) is 3.52. The highest BCUT2D eigenvalue weighted by molar-refractivity contribution is 7.41. The van der Waals surface area contributed by atoms with E-state index < -0.39 is 8.60 Å². The molecule has 0 radical (unpaired) electrons. The van der Waals surface area contributed by atoms with Gasteiger partial charge >= 0.3 is 8.60 Å². The molecule has 16 heavy (non-hydrogen) atoms. The molecule has 3 atom stereocenters. The second-order valence-electron chi connectivity index (χ2n) is 4.40. The Morgan fingerprint density at radius 1 is 1.06 bits per heavy atom. The minimum absolute atomic E-state index is 0.655. The van der Waals surface area contributed by atoms with Gasteiger partial charge in [-0.2, -0.15) is 0 Å². The SMILES string of the molecule is CCOP(OCC)OCC1CC2C=CC1C2. The maximum atomic E-state index is 5.75. The number of rotatable bonds is 7. The predicted molar refractivity (Wildman–Crippen MR) is 65.0 cm³/mol. The van der Waals surface area contributed by atoms with Crippen molar-refractivity contribution in [1.29, 1.82) is 0 Å². The Labute approximate surface area is 99.2 Å². The molecule has 3 unspecified atom stereocenters. The second kappa shape index (κ2) is 6.11. The molecule has 0 aromatic carbocycles. The van der Waals surface area contributed by atoms with Crippen LogP contribution in [-0.2, 0) is 13.6 Å². The van der Waals surface area contributed by atoms with E-state index in [0.717, 1.165) is 18.4 Å². The monoisotopic (exact) mass is 244 g/mol. The lowest BCUT2D eigenvalue weighted by atomic mass is 9.95. The molecule has 1 saturated carbocycles. The lowest BCUT2D eigenvalue weighted by Crippen LogP contribution is -2.13. The molecular weight excluding hydrogens is 223 g/mol. The second-order valence-corrected chi connectivity index (χ2v) is 5.62. The molecule has 92 valence electrons. The summed E-state index contributed by atoms with van der Waals surface area (Å²) in [6.07, 6.45) is 7.32. The van der Waals surface area contributed by atoms with Gasteiger partial charge in [0.15, 0.2) is 0 Å². The minimum atomic E-state index is -1.11. The van der Waals surface area contributed by atoms with Crippen LogP contribution in [0.1, 0.15) is 26.7 Å². The first-order valence-corrected chi connectivity index (χ1v) is 7.30. The van der Waals surface area contributed by atoms with Gasteiger partial charge in [-0.25, -0.2) is 0 Å². The Bertz CT molecular complexity index is 238. The van der Waals surface area contributed by atoms with Gasteiger partial charge in [-0.3, -0.25) is 0 Å². The van der Waals surface area contributed by atoms with Crippen molar-refractivity contribution in [1.82, 2.24) is 0 Å². The summed E-state index contributed by atoms with van der Waals surface area (Å²) >= 11 is 0. The summed E-state index contributed by atoms with van der Waals surface area (Å²) in [5.74, 6) is 2.23. The predicted octanol–water partition coefficient (Wildman–Crippen LogP) is 3.52. The molecular formula is C12H21O3P. The summed E-state index contributed by atoms with van der Waals surface area (Å²) in [6, 6.07) is 0. The summed E-state index contributed by atoms with van der Waals surface area (Å²) < 4.78 is 16.6. The Balaban J connectivity index is 1.71. The third-order valence-corrected chi connectivity index (χ3v) is 4.58. The van der Waals surface area contributed by atoms with Crippen molar-refractivity contribution in [3.8, 4) is 0 Å². The van der Waals surface area contributed by atoms with Crippen molar-refractivity contribution in [3.63, 3.8) is 0 Å². The molecule has 0 amide bonds. The van der Waals surface area contributed by atoms with E-state index in [-0.39, 0.29) is 0 Å². The standard InChI is InChI=1S/C12H21O3P/c1-3-13-16(14-4-2)15-9-12-8-10-5-6-11(12)7-10/h5-6,10-12H,3-4,7-9H2,1-2H3. The van der Waals surface area contributed by atoms with Gasteiger partial charge in [0.05, 0.1) is 19.8 Å².